The van der Waals surface area contributed by atoms with Crippen molar-refractivity contribution in [1.82, 2.24) is 14.6 Å². The lowest BCUT2D eigenvalue weighted by atomic mass is 10.3. The predicted molar refractivity (Wildman–Crippen MR) is 66.3 cm³/mol. The molecule has 0 fully saturated rings. The fraction of sp³-hybridized carbons (Fsp3) is 0.455. The Labute approximate surface area is 112 Å². The second kappa shape index (κ2) is 5.63. The van der Waals surface area contributed by atoms with Gasteiger partial charge in [0.15, 0.2) is 11.5 Å². The molecule has 0 aliphatic heterocycles. The molecule has 9 heteroatoms. The monoisotopic (exact) mass is 289 g/mol. The van der Waals surface area contributed by atoms with E-state index in [1.807, 2.05) is 0 Å². The van der Waals surface area contributed by atoms with Crippen LogP contribution in [0.15, 0.2) is 18.5 Å². The zero-order valence-electron chi connectivity index (χ0n) is 10.7. The van der Waals surface area contributed by atoms with Gasteiger partial charge in [-0.05, 0) is 0 Å². The van der Waals surface area contributed by atoms with Gasteiger partial charge in [-0.25, -0.2) is 9.50 Å². The minimum atomic E-state index is -4.50. The highest BCUT2D eigenvalue weighted by molar-refractivity contribution is 5.68. The van der Waals surface area contributed by atoms with Crippen molar-refractivity contribution < 1.29 is 17.9 Å². The van der Waals surface area contributed by atoms with Crippen molar-refractivity contribution in [3.63, 3.8) is 0 Å². The van der Waals surface area contributed by atoms with Crippen LogP contribution in [0, 0.1) is 0 Å². The van der Waals surface area contributed by atoms with Gasteiger partial charge in [-0.15, -0.1) is 0 Å². The molecule has 0 bridgehead atoms. The lowest BCUT2D eigenvalue weighted by Crippen LogP contribution is -2.33. The third-order valence-corrected chi connectivity index (χ3v) is 2.67. The first-order valence-electron chi connectivity index (χ1n) is 5.83. The average molecular weight is 289 g/mol. The van der Waals surface area contributed by atoms with E-state index in [0.29, 0.717) is 6.61 Å². The van der Waals surface area contributed by atoms with Gasteiger partial charge in [-0.2, -0.15) is 18.3 Å². The number of hydrogen-bond donors (Lipinski definition) is 2. The Balaban J connectivity index is 2.36. The molecule has 2 aromatic heterocycles. The number of aromatic nitrogens is 3. The number of hydrogen-bond acceptors (Lipinski definition) is 5. The first kappa shape index (κ1) is 14.5. The average Bonchev–Trinajstić information content (AvgIpc) is 2.83. The first-order valence-corrected chi connectivity index (χ1v) is 5.83. The van der Waals surface area contributed by atoms with Crippen LogP contribution in [0.2, 0.25) is 0 Å². The maximum atomic E-state index is 12.7. The summed E-state index contributed by atoms with van der Waals surface area (Å²) < 4.78 is 44.0. The normalized spacial score (nSPS) is 13.7. The van der Waals surface area contributed by atoms with E-state index in [4.69, 9.17) is 10.5 Å². The predicted octanol–water partition coefficient (Wildman–Crippen LogP) is 1.13. The Hall–Kier alpha value is -1.87. The summed E-state index contributed by atoms with van der Waals surface area (Å²) in [6.07, 6.45) is -1.78. The van der Waals surface area contributed by atoms with E-state index in [1.165, 1.54) is 19.5 Å². The number of halogens is 3. The molecule has 3 N–H and O–H groups in total. The molecular weight excluding hydrogens is 275 g/mol. The molecule has 20 heavy (non-hydrogen) atoms. The Bertz CT molecular complexity index is 583. The summed E-state index contributed by atoms with van der Waals surface area (Å²) in [5.41, 5.74) is 4.82. The number of fused-ring (bicyclic) bond motifs is 1. The topological polar surface area (TPSA) is 77.5 Å². The van der Waals surface area contributed by atoms with Crippen molar-refractivity contribution in [3.05, 3.63) is 24.2 Å². The third kappa shape index (κ3) is 2.99. The zero-order valence-corrected chi connectivity index (χ0v) is 10.7. The van der Waals surface area contributed by atoms with E-state index in [2.05, 4.69) is 15.4 Å². The minimum absolute atomic E-state index is 0.231. The van der Waals surface area contributed by atoms with Gasteiger partial charge in [0.2, 0.25) is 0 Å². The molecule has 6 nitrogen and oxygen atoms in total. The third-order valence-electron chi connectivity index (χ3n) is 2.67. The molecule has 2 rings (SSSR count). The second-order valence-electron chi connectivity index (χ2n) is 4.17. The van der Waals surface area contributed by atoms with E-state index < -0.39 is 11.9 Å². The smallest absolute Gasteiger partial charge is 0.383 e. The Morgan fingerprint density at radius 3 is 2.85 bits per heavy atom. The Morgan fingerprint density at radius 1 is 1.50 bits per heavy atom. The molecule has 0 aromatic carbocycles. The van der Waals surface area contributed by atoms with Crippen molar-refractivity contribution in [3.8, 4) is 0 Å². The van der Waals surface area contributed by atoms with Crippen LogP contribution >= 0.6 is 0 Å². The molecule has 1 atom stereocenters. The highest BCUT2D eigenvalue weighted by Crippen LogP contribution is 2.30. The van der Waals surface area contributed by atoms with Crippen molar-refractivity contribution in [2.24, 2.45) is 5.73 Å². The highest BCUT2D eigenvalue weighted by Gasteiger charge is 2.34. The number of nitrogens with zero attached hydrogens (tertiary/aromatic N) is 3. The van der Waals surface area contributed by atoms with Crippen LogP contribution < -0.4 is 11.1 Å². The standard InChI is InChI=1S/C11H14F3N5O/c1-20-6-7(5-15)17-10-8-4-9(11(12,13)14)18-19(8)3-2-16-10/h2-4,7H,5-6,15H2,1H3,(H,16,17). The van der Waals surface area contributed by atoms with Gasteiger partial charge in [0.25, 0.3) is 0 Å². The molecule has 2 heterocycles. The number of rotatable bonds is 5. The van der Waals surface area contributed by atoms with Crippen LogP contribution in [-0.2, 0) is 10.9 Å². The molecular formula is C11H14F3N5O. The van der Waals surface area contributed by atoms with Gasteiger partial charge in [-0.1, -0.05) is 0 Å². The van der Waals surface area contributed by atoms with Gasteiger partial charge in [0.05, 0.1) is 12.6 Å². The number of alkyl halides is 3. The lowest BCUT2D eigenvalue weighted by Gasteiger charge is -2.16. The molecule has 0 aliphatic rings. The van der Waals surface area contributed by atoms with Gasteiger partial charge in [-0.3, -0.25) is 0 Å². The molecule has 0 radical (unpaired) electrons. The summed E-state index contributed by atoms with van der Waals surface area (Å²) in [5.74, 6) is 0.281. The van der Waals surface area contributed by atoms with E-state index in [0.717, 1.165) is 10.6 Å². The fourth-order valence-corrected chi connectivity index (χ4v) is 1.73. The SMILES string of the molecule is COCC(CN)Nc1nccn2nc(C(F)(F)F)cc12. The Kier molecular flexibility index (Phi) is 4.09. The van der Waals surface area contributed by atoms with E-state index >= 15 is 0 Å². The summed E-state index contributed by atoms with van der Waals surface area (Å²) in [5, 5.41) is 6.42. The maximum Gasteiger partial charge on any atom is 0.435 e. The van der Waals surface area contributed by atoms with Crippen LogP contribution in [0.3, 0.4) is 0 Å². The van der Waals surface area contributed by atoms with Gasteiger partial charge < -0.3 is 15.8 Å². The molecule has 0 saturated heterocycles. The van der Waals surface area contributed by atoms with E-state index in [-0.39, 0.29) is 23.9 Å². The quantitative estimate of drug-likeness (QED) is 0.863. The van der Waals surface area contributed by atoms with Crippen LogP contribution in [0.1, 0.15) is 5.69 Å². The summed E-state index contributed by atoms with van der Waals surface area (Å²) in [7, 11) is 1.51. The summed E-state index contributed by atoms with van der Waals surface area (Å²) in [6.45, 7) is 0.580. The molecule has 2 aromatic rings. The summed E-state index contributed by atoms with van der Waals surface area (Å²) in [4.78, 5) is 4.02. The molecule has 1 unspecified atom stereocenters. The maximum absolute atomic E-state index is 12.7. The first-order chi connectivity index (χ1) is 9.45. The van der Waals surface area contributed by atoms with Gasteiger partial charge >= 0.3 is 6.18 Å². The fourth-order valence-electron chi connectivity index (χ4n) is 1.73. The molecule has 0 saturated carbocycles. The largest absolute Gasteiger partial charge is 0.435 e. The lowest BCUT2D eigenvalue weighted by molar-refractivity contribution is -0.141. The van der Waals surface area contributed by atoms with Gasteiger partial charge in [0.1, 0.15) is 5.52 Å². The number of ether oxygens (including phenoxy) is 1. The molecule has 0 spiro atoms. The number of anilines is 1. The Morgan fingerprint density at radius 2 is 2.25 bits per heavy atom. The molecule has 0 amide bonds. The summed E-state index contributed by atoms with van der Waals surface area (Å²) >= 11 is 0. The number of nitrogens with two attached hydrogens (primary N) is 1. The highest BCUT2D eigenvalue weighted by atomic mass is 19.4. The van der Waals surface area contributed by atoms with Crippen molar-refractivity contribution >= 4 is 11.3 Å². The summed E-state index contributed by atoms with van der Waals surface area (Å²) in [6, 6.07) is 0.693. The van der Waals surface area contributed by atoms with Crippen LogP contribution in [0.5, 0.6) is 0 Å². The molecule has 110 valence electrons. The minimum Gasteiger partial charge on any atom is -0.383 e. The van der Waals surface area contributed by atoms with Crippen LogP contribution in [0.25, 0.3) is 5.52 Å². The van der Waals surface area contributed by atoms with Crippen LogP contribution in [0.4, 0.5) is 19.0 Å². The molecule has 0 aliphatic carbocycles. The zero-order chi connectivity index (χ0) is 14.8. The van der Waals surface area contributed by atoms with E-state index in [1.54, 1.807) is 0 Å². The van der Waals surface area contributed by atoms with Crippen molar-refractivity contribution in [2.45, 2.75) is 12.2 Å². The van der Waals surface area contributed by atoms with Crippen molar-refractivity contribution in [2.75, 3.05) is 25.6 Å². The van der Waals surface area contributed by atoms with Crippen molar-refractivity contribution in [1.29, 1.82) is 0 Å². The van der Waals surface area contributed by atoms with E-state index in [9.17, 15) is 13.2 Å². The second-order valence-corrected chi connectivity index (χ2v) is 4.17. The number of nitrogens with one attached hydrogen (secondary N) is 1. The number of methoxy groups -OCH3 is 1. The van der Waals surface area contributed by atoms with Crippen LogP contribution in [-0.4, -0.2) is 40.9 Å². The van der Waals surface area contributed by atoms with Gasteiger partial charge in [0, 0.05) is 32.1 Å².